The van der Waals surface area contributed by atoms with E-state index in [4.69, 9.17) is 0 Å². The lowest BCUT2D eigenvalue weighted by molar-refractivity contribution is 0.135. The second kappa shape index (κ2) is 6.37. The van der Waals surface area contributed by atoms with Crippen LogP contribution in [0.2, 0.25) is 0 Å². The van der Waals surface area contributed by atoms with E-state index in [9.17, 15) is 0 Å². The van der Waals surface area contributed by atoms with Crippen molar-refractivity contribution in [1.29, 1.82) is 0 Å². The van der Waals surface area contributed by atoms with Gasteiger partial charge in [-0.1, -0.05) is 6.92 Å². The minimum Gasteiger partial charge on any atom is -0.311 e. The topological polar surface area (TPSA) is 33.1 Å². The Hall–Kier alpha value is -0.390. The molecule has 1 N–H and O–H groups in total. The van der Waals surface area contributed by atoms with Gasteiger partial charge in [0.1, 0.15) is 0 Å². The highest BCUT2D eigenvalue weighted by atomic mass is 79.9. The van der Waals surface area contributed by atoms with Gasteiger partial charge in [-0.25, -0.2) is 0 Å². The molecule has 5 heteroatoms. The van der Waals surface area contributed by atoms with Gasteiger partial charge in [0.15, 0.2) is 0 Å². The summed E-state index contributed by atoms with van der Waals surface area (Å²) in [5.41, 5.74) is 2.49. The monoisotopic (exact) mass is 328 g/mol. The molecule has 108 valence electrons. The molecule has 1 aliphatic rings. The van der Waals surface area contributed by atoms with Crippen LogP contribution in [0.25, 0.3) is 0 Å². The summed E-state index contributed by atoms with van der Waals surface area (Å²) in [7, 11) is 0. The number of aromatic nitrogens is 2. The molecule has 0 radical (unpaired) electrons. The van der Waals surface area contributed by atoms with Gasteiger partial charge in [0.25, 0.3) is 0 Å². The summed E-state index contributed by atoms with van der Waals surface area (Å²) in [4.78, 5) is 2.55. The smallest absolute Gasteiger partial charge is 0.0767 e. The van der Waals surface area contributed by atoms with Crippen LogP contribution < -0.4 is 5.32 Å². The van der Waals surface area contributed by atoms with Crippen LogP contribution in [0.3, 0.4) is 0 Å². The van der Waals surface area contributed by atoms with Gasteiger partial charge in [0.05, 0.1) is 15.9 Å². The largest absolute Gasteiger partial charge is 0.311 e. The molecule has 1 aromatic heterocycles. The molecule has 1 aromatic rings. The van der Waals surface area contributed by atoms with Crippen LogP contribution >= 0.6 is 15.9 Å². The molecule has 1 aliphatic heterocycles. The normalized spacial score (nSPS) is 24.9. The van der Waals surface area contributed by atoms with Gasteiger partial charge < -0.3 is 5.32 Å². The standard InChI is InChI=1S/C14H25BrN4/c1-5-12-14(15)13(19(6-2)17-12)9-18-8-10(3)16-7-11(18)4/h10-11,16H,5-9H2,1-4H3. The van der Waals surface area contributed by atoms with E-state index in [1.807, 2.05) is 0 Å². The Morgan fingerprint density at radius 1 is 1.37 bits per heavy atom. The molecular weight excluding hydrogens is 304 g/mol. The van der Waals surface area contributed by atoms with Crippen molar-refractivity contribution in [3.8, 4) is 0 Å². The van der Waals surface area contributed by atoms with Crippen molar-refractivity contribution in [2.24, 2.45) is 0 Å². The predicted molar refractivity (Wildman–Crippen MR) is 82.3 cm³/mol. The Kier molecular flexibility index (Phi) is 5.03. The fraction of sp³-hybridized carbons (Fsp3) is 0.786. The molecule has 19 heavy (non-hydrogen) atoms. The highest BCUT2D eigenvalue weighted by molar-refractivity contribution is 9.10. The highest BCUT2D eigenvalue weighted by Crippen LogP contribution is 2.25. The summed E-state index contributed by atoms with van der Waals surface area (Å²) >= 11 is 3.74. The molecule has 1 saturated heterocycles. The summed E-state index contributed by atoms with van der Waals surface area (Å²) in [5.74, 6) is 0. The van der Waals surface area contributed by atoms with Crippen molar-refractivity contribution < 1.29 is 0 Å². The SMILES string of the molecule is CCc1nn(CC)c(CN2CC(C)NCC2C)c1Br. The van der Waals surface area contributed by atoms with E-state index in [0.29, 0.717) is 12.1 Å². The number of nitrogens with zero attached hydrogens (tertiary/aromatic N) is 3. The molecule has 0 aromatic carbocycles. The number of aryl methyl sites for hydroxylation is 2. The maximum atomic E-state index is 4.68. The molecule has 0 spiro atoms. The zero-order valence-corrected chi connectivity index (χ0v) is 14.0. The van der Waals surface area contributed by atoms with E-state index in [1.54, 1.807) is 0 Å². The van der Waals surface area contributed by atoms with Crippen molar-refractivity contribution in [3.63, 3.8) is 0 Å². The van der Waals surface area contributed by atoms with Gasteiger partial charge >= 0.3 is 0 Å². The second-order valence-corrected chi connectivity index (χ2v) is 6.26. The maximum Gasteiger partial charge on any atom is 0.0767 e. The number of piperazine rings is 1. The first-order valence-electron chi connectivity index (χ1n) is 7.28. The van der Waals surface area contributed by atoms with E-state index in [-0.39, 0.29) is 0 Å². The second-order valence-electron chi connectivity index (χ2n) is 5.46. The Morgan fingerprint density at radius 2 is 2.11 bits per heavy atom. The van der Waals surface area contributed by atoms with E-state index in [0.717, 1.165) is 32.6 Å². The Bertz CT molecular complexity index is 429. The van der Waals surface area contributed by atoms with E-state index < -0.39 is 0 Å². The average molecular weight is 329 g/mol. The van der Waals surface area contributed by atoms with E-state index in [1.165, 1.54) is 15.9 Å². The zero-order chi connectivity index (χ0) is 14.0. The molecule has 4 nitrogen and oxygen atoms in total. The molecular formula is C14H25BrN4. The first kappa shape index (κ1) is 15.0. The summed E-state index contributed by atoms with van der Waals surface area (Å²) in [6.07, 6.45) is 0.980. The Balaban J connectivity index is 2.19. The molecule has 0 aliphatic carbocycles. The number of hydrogen-bond donors (Lipinski definition) is 1. The summed E-state index contributed by atoms with van der Waals surface area (Å²) in [6.45, 7) is 12.9. The molecule has 2 atom stereocenters. The van der Waals surface area contributed by atoms with Crippen molar-refractivity contribution in [1.82, 2.24) is 20.0 Å². The lowest BCUT2D eigenvalue weighted by Gasteiger charge is -2.37. The quantitative estimate of drug-likeness (QED) is 0.921. The van der Waals surface area contributed by atoms with Crippen LogP contribution in [-0.2, 0) is 19.5 Å². The van der Waals surface area contributed by atoms with Crippen LogP contribution in [0.5, 0.6) is 0 Å². The predicted octanol–water partition coefficient (Wildman–Crippen LogP) is 2.41. The molecule has 2 rings (SSSR count). The number of rotatable bonds is 4. The van der Waals surface area contributed by atoms with Gasteiger partial charge in [-0.05, 0) is 43.1 Å². The number of nitrogens with one attached hydrogen (secondary N) is 1. The van der Waals surface area contributed by atoms with Crippen molar-refractivity contribution in [3.05, 3.63) is 15.9 Å². The third kappa shape index (κ3) is 3.20. The maximum absolute atomic E-state index is 4.68. The first-order chi connectivity index (χ1) is 9.06. The van der Waals surface area contributed by atoms with Gasteiger partial charge in [-0.3, -0.25) is 9.58 Å². The molecule has 2 unspecified atom stereocenters. The van der Waals surface area contributed by atoms with Gasteiger partial charge in [0.2, 0.25) is 0 Å². The van der Waals surface area contributed by atoms with Crippen molar-refractivity contribution >= 4 is 15.9 Å². The van der Waals surface area contributed by atoms with Crippen LogP contribution in [-0.4, -0.2) is 39.9 Å². The fourth-order valence-corrected chi connectivity index (χ4v) is 3.37. The lowest BCUT2D eigenvalue weighted by Crippen LogP contribution is -2.53. The molecule has 2 heterocycles. The van der Waals surface area contributed by atoms with Crippen molar-refractivity contribution in [2.75, 3.05) is 13.1 Å². The highest BCUT2D eigenvalue weighted by Gasteiger charge is 2.25. The molecule has 0 saturated carbocycles. The Morgan fingerprint density at radius 3 is 2.74 bits per heavy atom. The number of hydrogen-bond acceptors (Lipinski definition) is 3. The third-order valence-corrected chi connectivity index (χ3v) is 4.86. The number of halogens is 1. The Labute approximate surface area is 124 Å². The third-order valence-electron chi connectivity index (χ3n) is 3.94. The van der Waals surface area contributed by atoms with E-state index >= 15 is 0 Å². The minimum absolute atomic E-state index is 0.568. The lowest BCUT2D eigenvalue weighted by atomic mass is 10.1. The van der Waals surface area contributed by atoms with Gasteiger partial charge in [-0.15, -0.1) is 0 Å². The van der Waals surface area contributed by atoms with Gasteiger partial charge in [0, 0.05) is 38.3 Å². The van der Waals surface area contributed by atoms with Crippen molar-refractivity contribution in [2.45, 2.75) is 59.3 Å². The van der Waals surface area contributed by atoms with Gasteiger partial charge in [-0.2, -0.15) is 5.10 Å². The fourth-order valence-electron chi connectivity index (χ4n) is 2.68. The van der Waals surface area contributed by atoms with Crippen LogP contribution in [0.15, 0.2) is 4.47 Å². The van der Waals surface area contributed by atoms with Crippen LogP contribution in [0, 0.1) is 0 Å². The summed E-state index contributed by atoms with van der Waals surface area (Å²) < 4.78 is 3.35. The zero-order valence-electron chi connectivity index (χ0n) is 12.4. The molecule has 0 bridgehead atoms. The van der Waals surface area contributed by atoms with Crippen LogP contribution in [0.1, 0.15) is 39.1 Å². The summed E-state index contributed by atoms with van der Waals surface area (Å²) in [5, 5.41) is 8.22. The summed E-state index contributed by atoms with van der Waals surface area (Å²) in [6, 6.07) is 1.15. The molecule has 0 amide bonds. The first-order valence-corrected chi connectivity index (χ1v) is 8.07. The van der Waals surface area contributed by atoms with Crippen LogP contribution in [0.4, 0.5) is 0 Å². The molecule has 1 fully saturated rings. The minimum atomic E-state index is 0.568. The van der Waals surface area contributed by atoms with E-state index in [2.05, 4.69) is 63.6 Å². The average Bonchev–Trinajstić information content (AvgIpc) is 2.70.